The molecule has 0 fully saturated rings. The van der Waals surface area contributed by atoms with Crippen molar-refractivity contribution in [3.63, 3.8) is 0 Å². The number of carbonyl (C=O) groups excluding carboxylic acids is 2. The van der Waals surface area contributed by atoms with Gasteiger partial charge in [-0.1, -0.05) is 0 Å². The molecule has 2 aliphatic carbocycles. The summed E-state index contributed by atoms with van der Waals surface area (Å²) in [5.74, 6) is -0.0276. The first kappa shape index (κ1) is 10.7. The van der Waals surface area contributed by atoms with Crippen LogP contribution in [0.15, 0.2) is 45.8 Å². The number of benzene rings is 1. The van der Waals surface area contributed by atoms with Gasteiger partial charge in [0.1, 0.15) is 0 Å². The summed E-state index contributed by atoms with van der Waals surface area (Å²) in [6, 6.07) is 7.05. The van der Waals surface area contributed by atoms with Gasteiger partial charge in [0, 0.05) is 0 Å². The molecule has 0 bridgehead atoms. The third-order valence-corrected chi connectivity index (χ3v) is 4.11. The summed E-state index contributed by atoms with van der Waals surface area (Å²) >= 11 is 2.44. The van der Waals surface area contributed by atoms with E-state index in [4.69, 9.17) is 0 Å². The minimum atomic E-state index is -0.0153. The van der Waals surface area contributed by atoms with E-state index in [1.807, 2.05) is 6.08 Å². The van der Waals surface area contributed by atoms with Crippen molar-refractivity contribution < 1.29 is 9.59 Å². The Labute approximate surface area is 108 Å². The summed E-state index contributed by atoms with van der Waals surface area (Å²) in [6.07, 6.45) is 3.58. The molecule has 0 saturated heterocycles. The summed E-state index contributed by atoms with van der Waals surface area (Å²) in [4.78, 5) is 24.6. The number of ketones is 2. The molecule has 82 valence electrons. The van der Waals surface area contributed by atoms with Crippen LogP contribution < -0.4 is 0 Å². The van der Waals surface area contributed by atoms with Crippen LogP contribution in [0.3, 0.4) is 0 Å². The molecule has 0 atom stereocenters. The molecule has 1 aromatic carbocycles. The Bertz CT molecular complexity index is 608. The van der Waals surface area contributed by atoms with Crippen molar-refractivity contribution in [2.45, 2.75) is 12.8 Å². The molecule has 3 heteroatoms. The molecule has 0 amide bonds. The fourth-order valence-electron chi connectivity index (χ4n) is 2.35. The monoisotopic (exact) mass is 284 g/mol. The minimum absolute atomic E-state index is 0.0122. The quantitative estimate of drug-likeness (QED) is 0.684. The van der Waals surface area contributed by atoms with Crippen LogP contribution in [0.25, 0.3) is 0 Å². The molecule has 0 aliphatic heterocycles. The molecule has 3 rings (SSSR count). The molecule has 2 radical (unpaired) electrons. The number of fused-ring (bicyclic) bond motifs is 2. The molecule has 1 aromatic rings. The Kier molecular flexibility index (Phi) is 2.41. The standard InChI is InChI=1S/C14H9AsO2/c15-11-7-3-6-10-12(11)14(17)9-5-2-1-4-8(9)13(10)16/h1-2,4-6H,3,7H2. The van der Waals surface area contributed by atoms with Gasteiger partial charge in [-0.25, -0.2) is 0 Å². The van der Waals surface area contributed by atoms with Gasteiger partial charge in [0.25, 0.3) is 0 Å². The second-order valence-corrected chi connectivity index (χ2v) is 5.31. The molecule has 0 heterocycles. The van der Waals surface area contributed by atoms with E-state index in [2.05, 4.69) is 16.9 Å². The summed E-state index contributed by atoms with van der Waals surface area (Å²) in [7, 11) is 0. The number of hydrogen-bond acceptors (Lipinski definition) is 2. The van der Waals surface area contributed by atoms with Gasteiger partial charge < -0.3 is 0 Å². The summed E-state index contributed by atoms with van der Waals surface area (Å²) in [6.45, 7) is 0. The normalized spacial score (nSPS) is 18.8. The predicted molar refractivity (Wildman–Crippen MR) is 65.2 cm³/mol. The van der Waals surface area contributed by atoms with Gasteiger partial charge in [0.05, 0.1) is 0 Å². The van der Waals surface area contributed by atoms with E-state index in [1.165, 1.54) is 0 Å². The van der Waals surface area contributed by atoms with E-state index < -0.39 is 0 Å². The van der Waals surface area contributed by atoms with Crippen LogP contribution in [0.4, 0.5) is 0 Å². The van der Waals surface area contributed by atoms with Crippen LogP contribution in [0.1, 0.15) is 33.6 Å². The zero-order valence-electron chi connectivity index (χ0n) is 9.06. The van der Waals surface area contributed by atoms with E-state index in [-0.39, 0.29) is 11.6 Å². The first-order valence-corrected chi connectivity index (χ1v) is 6.45. The molecule has 0 aromatic heterocycles. The SMILES string of the molecule is O=C1C2=CCCC([As])=C2C(=O)c2ccccc21. The van der Waals surface area contributed by atoms with Crippen LogP contribution in [-0.4, -0.2) is 28.4 Å². The molecule has 0 unspecified atom stereocenters. The van der Waals surface area contributed by atoms with E-state index in [1.54, 1.807) is 24.3 Å². The van der Waals surface area contributed by atoms with E-state index >= 15 is 0 Å². The number of Topliss-reactive ketones (excluding diaryl/α,β-unsaturated/α-hetero) is 2. The second-order valence-electron chi connectivity index (χ2n) is 4.18. The Morgan fingerprint density at radius 2 is 1.65 bits per heavy atom. The van der Waals surface area contributed by atoms with Gasteiger partial charge in [-0.15, -0.1) is 0 Å². The Morgan fingerprint density at radius 1 is 1.00 bits per heavy atom. The predicted octanol–water partition coefficient (Wildman–Crippen LogP) is 2.21. The molecule has 2 nitrogen and oxygen atoms in total. The molecule has 0 N–H and O–H groups in total. The van der Waals surface area contributed by atoms with Crippen molar-refractivity contribution in [1.82, 2.24) is 0 Å². The summed E-state index contributed by atoms with van der Waals surface area (Å²) in [5.41, 5.74) is 2.28. The average Bonchev–Trinajstić information content (AvgIpc) is 2.36. The first-order valence-electron chi connectivity index (χ1n) is 5.51. The summed E-state index contributed by atoms with van der Waals surface area (Å²) in [5, 5.41) is 0. The molecule has 0 spiro atoms. The van der Waals surface area contributed by atoms with Gasteiger partial charge in [0.2, 0.25) is 0 Å². The fourth-order valence-corrected chi connectivity index (χ4v) is 3.09. The molecule has 0 saturated carbocycles. The number of allylic oxidation sites excluding steroid dienone is 4. The number of carbonyl (C=O) groups is 2. The van der Waals surface area contributed by atoms with Crippen LogP contribution in [0.2, 0.25) is 0 Å². The zero-order chi connectivity index (χ0) is 12.0. The third-order valence-electron chi connectivity index (χ3n) is 3.18. The number of hydrogen-bond donors (Lipinski definition) is 0. The topological polar surface area (TPSA) is 34.1 Å². The van der Waals surface area contributed by atoms with Crippen molar-refractivity contribution in [3.8, 4) is 0 Å². The van der Waals surface area contributed by atoms with Gasteiger partial charge in [0.15, 0.2) is 0 Å². The van der Waals surface area contributed by atoms with E-state index in [0.717, 1.165) is 17.2 Å². The van der Waals surface area contributed by atoms with Crippen molar-refractivity contribution in [3.05, 3.63) is 57.0 Å². The third kappa shape index (κ3) is 1.48. The van der Waals surface area contributed by atoms with Crippen molar-refractivity contribution >= 4 is 28.4 Å². The maximum absolute atomic E-state index is 12.3. The Hall–Kier alpha value is -1.40. The van der Waals surface area contributed by atoms with Gasteiger partial charge in [-0.2, -0.15) is 0 Å². The zero-order valence-corrected chi connectivity index (χ0v) is 10.9. The van der Waals surface area contributed by atoms with Crippen molar-refractivity contribution in [2.75, 3.05) is 0 Å². The van der Waals surface area contributed by atoms with Crippen LogP contribution in [0, 0.1) is 0 Å². The van der Waals surface area contributed by atoms with Crippen molar-refractivity contribution in [2.24, 2.45) is 0 Å². The van der Waals surface area contributed by atoms with Crippen LogP contribution >= 0.6 is 0 Å². The molecular weight excluding hydrogens is 275 g/mol. The summed E-state index contributed by atoms with van der Waals surface area (Å²) < 4.78 is 0.975. The van der Waals surface area contributed by atoms with Gasteiger partial charge >= 0.3 is 108 Å². The molecule has 17 heavy (non-hydrogen) atoms. The Balaban J connectivity index is 2.32. The van der Waals surface area contributed by atoms with Crippen LogP contribution in [0.5, 0.6) is 0 Å². The van der Waals surface area contributed by atoms with Gasteiger partial charge in [-0.05, 0) is 0 Å². The van der Waals surface area contributed by atoms with E-state index in [0.29, 0.717) is 22.3 Å². The van der Waals surface area contributed by atoms with Crippen molar-refractivity contribution in [1.29, 1.82) is 0 Å². The maximum atomic E-state index is 12.3. The number of rotatable bonds is 0. The van der Waals surface area contributed by atoms with Gasteiger partial charge in [-0.3, -0.25) is 0 Å². The molecule has 2 aliphatic rings. The van der Waals surface area contributed by atoms with E-state index in [9.17, 15) is 9.59 Å². The fraction of sp³-hybridized carbons (Fsp3) is 0.143. The Morgan fingerprint density at radius 3 is 2.35 bits per heavy atom. The first-order chi connectivity index (χ1) is 8.20. The second kappa shape index (κ2) is 3.82. The molecular formula is C14H9AsO2. The average molecular weight is 284 g/mol. The van der Waals surface area contributed by atoms with Crippen LogP contribution in [-0.2, 0) is 0 Å².